The van der Waals surface area contributed by atoms with Crippen LogP contribution in [0.15, 0.2) is 59.6 Å². The van der Waals surface area contributed by atoms with Gasteiger partial charge >= 0.3 is 12.2 Å². The van der Waals surface area contributed by atoms with E-state index in [0.29, 0.717) is 24.4 Å². The molecule has 1 unspecified atom stereocenters. The molecule has 2 N–H and O–H groups in total. The first-order chi connectivity index (χ1) is 22.1. The summed E-state index contributed by atoms with van der Waals surface area (Å²) in [6.07, 6.45) is -1.03. The van der Waals surface area contributed by atoms with Crippen molar-refractivity contribution in [2.45, 2.75) is 85.3 Å². The Morgan fingerprint density at radius 3 is 2.34 bits per heavy atom. The Bertz CT molecular complexity index is 1730. The molecule has 0 spiro atoms. The predicted octanol–water partition coefficient (Wildman–Crippen LogP) is 6.93. The highest BCUT2D eigenvalue weighted by Crippen LogP contribution is 2.35. The summed E-state index contributed by atoms with van der Waals surface area (Å²) < 4.78 is 16.6. The fourth-order valence-corrected chi connectivity index (χ4v) is 5.70. The van der Waals surface area contributed by atoms with Gasteiger partial charge in [-0.25, -0.2) is 9.59 Å². The molecule has 0 saturated carbocycles. The van der Waals surface area contributed by atoms with Gasteiger partial charge in [0.15, 0.2) is 0 Å². The van der Waals surface area contributed by atoms with Gasteiger partial charge in [-0.3, -0.25) is 14.7 Å². The van der Waals surface area contributed by atoms with Gasteiger partial charge in [0.2, 0.25) is 0 Å². The number of aliphatic imine (C=N–C) groups is 1. The number of nitrogens with zero attached hydrogens (tertiary/aromatic N) is 2. The van der Waals surface area contributed by atoms with Crippen LogP contribution in [-0.2, 0) is 29.1 Å². The molecule has 248 valence electrons. The third-order valence-electron chi connectivity index (χ3n) is 7.92. The first kappa shape index (κ1) is 33.5. The summed E-state index contributed by atoms with van der Waals surface area (Å²) in [6, 6.07) is 16.9. The van der Waals surface area contributed by atoms with Gasteiger partial charge in [0.25, 0.3) is 5.91 Å². The quantitative estimate of drug-likeness (QED) is 0.289. The number of carbonyl (C=O) groups is 3. The van der Waals surface area contributed by atoms with E-state index in [1.54, 1.807) is 32.8 Å². The van der Waals surface area contributed by atoms with Gasteiger partial charge in [0.05, 0.1) is 26.2 Å². The number of methoxy groups -OCH3 is 1. The average Bonchev–Trinajstić information content (AvgIpc) is 3.60. The largest absolute Gasteiger partial charge is 0.497 e. The topological polar surface area (TPSA) is 119 Å². The highest BCUT2D eigenvalue weighted by atomic mass is 16.6. The number of nitrogens with one attached hydrogen (secondary N) is 2. The summed E-state index contributed by atoms with van der Waals surface area (Å²) >= 11 is 0. The number of carbonyl (C=O) groups excluding carboxylic acids is 3. The summed E-state index contributed by atoms with van der Waals surface area (Å²) in [6.45, 7) is 14.1. The van der Waals surface area contributed by atoms with Gasteiger partial charge in [-0.05, 0) is 112 Å². The van der Waals surface area contributed by atoms with Crippen LogP contribution in [0.25, 0.3) is 11.1 Å². The van der Waals surface area contributed by atoms with Crippen LogP contribution in [0.2, 0.25) is 0 Å². The molecule has 3 aromatic rings. The molecule has 3 amide bonds. The van der Waals surface area contributed by atoms with Crippen molar-refractivity contribution in [2.24, 2.45) is 4.99 Å². The van der Waals surface area contributed by atoms with Crippen molar-refractivity contribution in [1.82, 2.24) is 15.5 Å². The van der Waals surface area contributed by atoms with E-state index in [2.05, 4.69) is 27.8 Å². The minimum atomic E-state index is -0.679. The van der Waals surface area contributed by atoms with E-state index in [9.17, 15) is 14.4 Å². The second-order valence-electron chi connectivity index (χ2n) is 14.0. The van der Waals surface area contributed by atoms with Crippen molar-refractivity contribution >= 4 is 23.8 Å². The number of hydrogen-bond donors (Lipinski definition) is 2. The third-order valence-corrected chi connectivity index (χ3v) is 7.92. The molecule has 0 aromatic heterocycles. The highest BCUT2D eigenvalue weighted by molar-refractivity contribution is 6.03. The summed E-state index contributed by atoms with van der Waals surface area (Å²) in [5.41, 5.74) is 6.51. The zero-order valence-corrected chi connectivity index (χ0v) is 28.4. The summed E-state index contributed by atoms with van der Waals surface area (Å²) in [7, 11) is 1.57. The Balaban J connectivity index is 1.51. The number of benzene rings is 3. The number of alkyl carbamates (subject to hydrolysis) is 1. The van der Waals surface area contributed by atoms with Gasteiger partial charge in [0.1, 0.15) is 17.0 Å². The monoisotopic (exact) mass is 640 g/mol. The molecule has 47 heavy (non-hydrogen) atoms. The molecule has 10 nitrogen and oxygen atoms in total. The van der Waals surface area contributed by atoms with Crippen LogP contribution in [-0.4, -0.2) is 53.6 Å². The minimum Gasteiger partial charge on any atom is -0.497 e. The molecule has 2 aliphatic heterocycles. The number of fused-ring (bicyclic) bond motifs is 2. The van der Waals surface area contributed by atoms with Crippen LogP contribution in [0.4, 0.5) is 9.59 Å². The van der Waals surface area contributed by atoms with Crippen molar-refractivity contribution in [3.8, 4) is 16.9 Å². The van der Waals surface area contributed by atoms with Crippen LogP contribution in [0, 0.1) is 0 Å². The Morgan fingerprint density at radius 1 is 0.894 bits per heavy atom. The molecular formula is C37H44N4O6. The van der Waals surface area contributed by atoms with Crippen molar-refractivity contribution in [3.63, 3.8) is 0 Å². The fraction of sp³-hybridized carbons (Fsp3) is 0.405. The SMILES string of the molecule is COc1cccc(C(CNC(=O)OC(C)(C)C)NC(=O)c2cc(-c3ccc4c(c3)C(C)=NC4)cc3c2CN(C(=O)OC(C)(C)C)C3)c1. The maximum atomic E-state index is 14.3. The maximum absolute atomic E-state index is 14.3. The fourth-order valence-electron chi connectivity index (χ4n) is 5.70. The molecule has 0 bridgehead atoms. The van der Waals surface area contributed by atoms with Crippen LogP contribution < -0.4 is 15.4 Å². The van der Waals surface area contributed by atoms with E-state index in [0.717, 1.165) is 39.1 Å². The van der Waals surface area contributed by atoms with Gasteiger partial charge in [0, 0.05) is 29.9 Å². The number of rotatable bonds is 7. The van der Waals surface area contributed by atoms with E-state index in [-0.39, 0.29) is 19.0 Å². The molecule has 3 aromatic carbocycles. The first-order valence-corrected chi connectivity index (χ1v) is 15.8. The van der Waals surface area contributed by atoms with Crippen molar-refractivity contribution in [2.75, 3.05) is 13.7 Å². The van der Waals surface area contributed by atoms with Crippen molar-refractivity contribution < 1.29 is 28.6 Å². The Kier molecular flexibility index (Phi) is 9.34. The molecule has 1 atom stereocenters. The lowest BCUT2D eigenvalue weighted by atomic mass is 9.93. The standard InChI is InChI=1S/C37H44N4O6/c1-22-29-16-23(12-13-25(29)18-38-22)26-14-27-20-41(35(44)47-37(5,6)7)21-31(27)30(17-26)33(42)40-32(19-39-34(43)46-36(2,3)4)24-10-9-11-28(15-24)45-8/h9-17,32H,18-21H2,1-8H3,(H,39,43)(H,40,42). The molecule has 10 heteroatoms. The molecule has 2 heterocycles. The molecule has 2 aliphatic rings. The van der Waals surface area contributed by atoms with Crippen LogP contribution >= 0.6 is 0 Å². The molecule has 0 saturated heterocycles. The van der Waals surface area contributed by atoms with E-state index >= 15 is 0 Å². The summed E-state index contributed by atoms with van der Waals surface area (Å²) in [5.74, 6) is 0.275. The van der Waals surface area contributed by atoms with Crippen LogP contribution in [0.5, 0.6) is 5.75 Å². The summed E-state index contributed by atoms with van der Waals surface area (Å²) in [4.78, 5) is 46.2. The zero-order chi connectivity index (χ0) is 34.1. The third kappa shape index (κ3) is 8.11. The van der Waals surface area contributed by atoms with Gasteiger partial charge in [-0.2, -0.15) is 0 Å². The van der Waals surface area contributed by atoms with E-state index in [1.165, 1.54) is 5.56 Å². The first-order valence-electron chi connectivity index (χ1n) is 15.8. The minimum absolute atomic E-state index is 0.0726. The zero-order valence-electron chi connectivity index (χ0n) is 28.4. The summed E-state index contributed by atoms with van der Waals surface area (Å²) in [5, 5.41) is 5.94. The number of amides is 3. The molecule has 5 rings (SSSR count). The van der Waals surface area contributed by atoms with Crippen LogP contribution in [0.1, 0.15) is 92.7 Å². The smallest absolute Gasteiger partial charge is 0.410 e. The van der Waals surface area contributed by atoms with Crippen molar-refractivity contribution in [1.29, 1.82) is 0 Å². The Morgan fingerprint density at radius 2 is 1.64 bits per heavy atom. The van der Waals surface area contributed by atoms with E-state index < -0.39 is 29.4 Å². The average molecular weight is 641 g/mol. The lowest BCUT2D eigenvalue weighted by molar-refractivity contribution is 0.0241. The van der Waals surface area contributed by atoms with Gasteiger partial charge in [-0.1, -0.05) is 24.3 Å². The Hall–Kier alpha value is -4.86. The van der Waals surface area contributed by atoms with E-state index in [1.807, 2.05) is 70.2 Å². The number of hydrogen-bond acceptors (Lipinski definition) is 7. The predicted molar refractivity (Wildman–Crippen MR) is 181 cm³/mol. The Labute approximate surface area is 276 Å². The number of ether oxygens (including phenoxy) is 3. The van der Waals surface area contributed by atoms with Crippen LogP contribution in [0.3, 0.4) is 0 Å². The normalized spacial score (nSPS) is 14.5. The lowest BCUT2D eigenvalue weighted by Crippen LogP contribution is -2.40. The highest BCUT2D eigenvalue weighted by Gasteiger charge is 2.32. The molecule has 0 aliphatic carbocycles. The van der Waals surface area contributed by atoms with Gasteiger partial charge < -0.3 is 24.8 Å². The lowest BCUT2D eigenvalue weighted by Gasteiger charge is -2.24. The second kappa shape index (κ2) is 13.1. The van der Waals surface area contributed by atoms with Gasteiger partial charge in [-0.15, -0.1) is 0 Å². The van der Waals surface area contributed by atoms with Crippen molar-refractivity contribution in [3.05, 3.63) is 88.0 Å². The molecule has 0 radical (unpaired) electrons. The molecular weight excluding hydrogens is 596 g/mol. The second-order valence-corrected chi connectivity index (χ2v) is 14.0. The maximum Gasteiger partial charge on any atom is 0.410 e. The van der Waals surface area contributed by atoms with E-state index in [4.69, 9.17) is 14.2 Å². The molecule has 0 fully saturated rings.